The molecule has 0 aliphatic carbocycles. The average Bonchev–Trinajstić information content (AvgIpc) is 2.24. The van der Waals surface area contributed by atoms with Crippen LogP contribution in [0.25, 0.3) is 0 Å². The van der Waals surface area contributed by atoms with E-state index >= 15 is 0 Å². The molecule has 2 unspecified atom stereocenters. The number of hydrogen-bond acceptors (Lipinski definition) is 6. The van der Waals surface area contributed by atoms with Crippen molar-refractivity contribution < 1.29 is 8.95 Å². The second kappa shape index (κ2) is 5.95. The Morgan fingerprint density at radius 1 is 1.50 bits per heavy atom. The summed E-state index contributed by atoms with van der Waals surface area (Å²) in [5, 5.41) is 2.98. The number of halogens is 1. The normalized spacial score (nSPS) is 14.2. The molecule has 0 spiro atoms. The predicted molar refractivity (Wildman–Crippen MR) is 63.4 cm³/mol. The Morgan fingerprint density at radius 3 is 2.75 bits per heavy atom. The highest BCUT2D eigenvalue weighted by Crippen LogP contribution is 2.10. The molecule has 90 valence electrons. The number of anilines is 1. The van der Waals surface area contributed by atoms with Crippen LogP contribution in [0.2, 0.25) is 5.28 Å². The minimum Gasteiger partial charge on any atom is -0.467 e. The summed E-state index contributed by atoms with van der Waals surface area (Å²) in [6, 6.07) is 0.146. The summed E-state index contributed by atoms with van der Waals surface area (Å²) in [5.41, 5.74) is 0. The lowest BCUT2D eigenvalue weighted by Gasteiger charge is -2.09. The third-order valence-electron chi connectivity index (χ3n) is 1.88. The van der Waals surface area contributed by atoms with Crippen molar-refractivity contribution in [2.24, 2.45) is 0 Å². The molecule has 2 atom stereocenters. The number of hydrogen-bond donors (Lipinski definition) is 1. The van der Waals surface area contributed by atoms with Crippen molar-refractivity contribution in [3.05, 3.63) is 5.28 Å². The monoisotopic (exact) mass is 264 g/mol. The Balaban J connectivity index is 2.66. The van der Waals surface area contributed by atoms with Gasteiger partial charge in [-0.1, -0.05) is 0 Å². The highest BCUT2D eigenvalue weighted by atomic mass is 35.5. The summed E-state index contributed by atoms with van der Waals surface area (Å²) < 4.78 is 16.0. The van der Waals surface area contributed by atoms with Crippen LogP contribution in [0.5, 0.6) is 6.01 Å². The Kier molecular flexibility index (Phi) is 4.88. The van der Waals surface area contributed by atoms with Crippen LogP contribution in [0.3, 0.4) is 0 Å². The zero-order chi connectivity index (χ0) is 12.1. The van der Waals surface area contributed by atoms with Crippen molar-refractivity contribution in [1.82, 2.24) is 15.0 Å². The number of nitrogens with zero attached hydrogens (tertiary/aromatic N) is 3. The summed E-state index contributed by atoms with van der Waals surface area (Å²) in [6.07, 6.45) is 1.65. The second-order valence-electron chi connectivity index (χ2n) is 3.10. The van der Waals surface area contributed by atoms with E-state index in [0.29, 0.717) is 12.5 Å². The number of rotatable bonds is 5. The van der Waals surface area contributed by atoms with Gasteiger partial charge in [0.25, 0.3) is 0 Å². The van der Waals surface area contributed by atoms with E-state index in [0.717, 1.165) is 0 Å². The molecule has 6 nitrogen and oxygen atoms in total. The van der Waals surface area contributed by atoms with Crippen LogP contribution in [-0.2, 0) is 10.8 Å². The molecule has 1 N–H and O–H groups in total. The van der Waals surface area contributed by atoms with Gasteiger partial charge < -0.3 is 10.1 Å². The molecule has 0 radical (unpaired) electrons. The number of ether oxygens (including phenoxy) is 1. The van der Waals surface area contributed by atoms with Crippen molar-refractivity contribution in [2.45, 2.75) is 12.2 Å². The van der Waals surface area contributed by atoms with Gasteiger partial charge in [0, 0.05) is 28.9 Å². The summed E-state index contributed by atoms with van der Waals surface area (Å²) in [7, 11) is 0.549. The lowest BCUT2D eigenvalue weighted by molar-refractivity contribution is 0.379. The van der Waals surface area contributed by atoms with Gasteiger partial charge >= 0.3 is 6.01 Å². The van der Waals surface area contributed by atoms with Crippen molar-refractivity contribution in [3.8, 4) is 6.01 Å². The van der Waals surface area contributed by atoms with E-state index in [9.17, 15) is 4.21 Å². The van der Waals surface area contributed by atoms with Crippen LogP contribution < -0.4 is 10.1 Å². The first-order chi connectivity index (χ1) is 7.52. The molecule has 1 aromatic heterocycles. The Hall–Kier alpha value is -0.950. The minimum absolute atomic E-state index is 0.00142. The Labute approximate surface area is 101 Å². The molecule has 1 heterocycles. The Morgan fingerprint density at radius 2 is 2.19 bits per heavy atom. The average molecular weight is 265 g/mol. The summed E-state index contributed by atoms with van der Waals surface area (Å²) in [5.74, 6) is 0.314. The lowest BCUT2D eigenvalue weighted by Crippen LogP contribution is -2.21. The van der Waals surface area contributed by atoms with E-state index in [4.69, 9.17) is 16.3 Å². The van der Waals surface area contributed by atoms with E-state index in [2.05, 4.69) is 20.3 Å². The first kappa shape index (κ1) is 13.1. The topological polar surface area (TPSA) is 77.0 Å². The maximum Gasteiger partial charge on any atom is 0.322 e. The maximum atomic E-state index is 11.1. The highest BCUT2D eigenvalue weighted by molar-refractivity contribution is 7.84. The molecule has 0 saturated carbocycles. The predicted octanol–water partition coefficient (Wildman–Crippen LogP) is 0.712. The molecular formula is C8H13ClN4O2S. The molecular weight excluding hydrogens is 252 g/mol. The largest absolute Gasteiger partial charge is 0.467 e. The van der Waals surface area contributed by atoms with Gasteiger partial charge in [-0.3, -0.25) is 4.21 Å². The van der Waals surface area contributed by atoms with Crippen LogP contribution in [0, 0.1) is 0 Å². The van der Waals surface area contributed by atoms with E-state index in [1.807, 2.05) is 6.92 Å². The number of methoxy groups -OCH3 is 1. The van der Waals surface area contributed by atoms with Crippen LogP contribution in [-0.4, -0.2) is 44.3 Å². The van der Waals surface area contributed by atoms with Gasteiger partial charge in [-0.25, -0.2) is 0 Å². The number of nitrogens with one attached hydrogen (secondary N) is 1. The SMILES string of the molecule is COc1nc(Cl)nc(NCC(C)S(C)=O)n1. The zero-order valence-electron chi connectivity index (χ0n) is 9.23. The third kappa shape index (κ3) is 3.90. The first-order valence-electron chi connectivity index (χ1n) is 4.54. The van der Waals surface area contributed by atoms with Crippen LogP contribution in [0.4, 0.5) is 5.95 Å². The lowest BCUT2D eigenvalue weighted by atomic mass is 10.5. The van der Waals surface area contributed by atoms with Gasteiger partial charge in [0.15, 0.2) is 0 Å². The fourth-order valence-corrected chi connectivity index (χ4v) is 1.33. The molecule has 0 amide bonds. The second-order valence-corrected chi connectivity index (χ2v) is 5.24. The summed E-state index contributed by atoms with van der Waals surface area (Å²) >= 11 is 5.66. The maximum absolute atomic E-state index is 11.1. The van der Waals surface area contributed by atoms with Crippen LogP contribution in [0.15, 0.2) is 0 Å². The van der Waals surface area contributed by atoms with Gasteiger partial charge in [-0.05, 0) is 18.5 Å². The smallest absolute Gasteiger partial charge is 0.322 e. The fraction of sp³-hybridized carbons (Fsp3) is 0.625. The molecule has 1 aromatic rings. The molecule has 0 aliphatic heterocycles. The van der Waals surface area contributed by atoms with Gasteiger partial charge in [0.05, 0.1) is 7.11 Å². The van der Waals surface area contributed by atoms with Crippen molar-refractivity contribution in [2.75, 3.05) is 25.2 Å². The molecule has 1 rings (SSSR count). The fourth-order valence-electron chi connectivity index (χ4n) is 0.855. The van der Waals surface area contributed by atoms with Gasteiger partial charge in [0.1, 0.15) is 0 Å². The molecule has 0 bridgehead atoms. The van der Waals surface area contributed by atoms with E-state index in [-0.39, 0.29) is 16.5 Å². The van der Waals surface area contributed by atoms with E-state index in [1.165, 1.54) is 7.11 Å². The highest BCUT2D eigenvalue weighted by Gasteiger charge is 2.08. The zero-order valence-corrected chi connectivity index (χ0v) is 10.8. The molecule has 16 heavy (non-hydrogen) atoms. The van der Waals surface area contributed by atoms with Crippen molar-refractivity contribution in [1.29, 1.82) is 0 Å². The van der Waals surface area contributed by atoms with E-state index in [1.54, 1.807) is 6.26 Å². The Bertz CT molecular complexity index is 390. The standard InChI is InChI=1S/C8H13ClN4O2S/c1-5(16(3)14)4-10-7-11-6(9)12-8(13-7)15-2/h5H,4H2,1-3H3,(H,10,11,12,13). The molecule has 0 aromatic carbocycles. The first-order valence-corrected chi connectivity index (χ1v) is 6.54. The van der Waals surface area contributed by atoms with E-state index < -0.39 is 10.8 Å². The summed E-state index contributed by atoms with van der Waals surface area (Å²) in [6.45, 7) is 2.36. The third-order valence-corrected chi connectivity index (χ3v) is 3.35. The quantitative estimate of drug-likeness (QED) is 0.844. The minimum atomic E-state index is -0.894. The molecule has 0 aliphatic rings. The number of aromatic nitrogens is 3. The van der Waals surface area contributed by atoms with Gasteiger partial charge in [0.2, 0.25) is 11.2 Å². The molecule has 8 heteroatoms. The molecule has 0 fully saturated rings. The van der Waals surface area contributed by atoms with Crippen molar-refractivity contribution >= 4 is 28.3 Å². The summed E-state index contributed by atoms with van der Waals surface area (Å²) in [4.78, 5) is 11.5. The van der Waals surface area contributed by atoms with Crippen LogP contribution >= 0.6 is 11.6 Å². The van der Waals surface area contributed by atoms with Gasteiger partial charge in [-0.15, -0.1) is 0 Å². The van der Waals surface area contributed by atoms with Crippen LogP contribution in [0.1, 0.15) is 6.92 Å². The van der Waals surface area contributed by atoms with Crippen molar-refractivity contribution in [3.63, 3.8) is 0 Å². The van der Waals surface area contributed by atoms with Gasteiger partial charge in [-0.2, -0.15) is 15.0 Å². The molecule has 0 saturated heterocycles.